The molecule has 3 heterocycles. The Morgan fingerprint density at radius 1 is 1.14 bits per heavy atom. The van der Waals surface area contributed by atoms with Gasteiger partial charge in [0.1, 0.15) is 5.82 Å². The lowest BCUT2D eigenvalue weighted by Gasteiger charge is -2.39. The first-order valence-electron chi connectivity index (χ1n) is 7.99. The van der Waals surface area contributed by atoms with Gasteiger partial charge in [0.2, 0.25) is 0 Å². The lowest BCUT2D eigenvalue weighted by molar-refractivity contribution is -0.137. The Labute approximate surface area is 129 Å². The molecule has 2 saturated heterocycles. The summed E-state index contributed by atoms with van der Waals surface area (Å²) in [6.45, 7) is 4.99. The molecule has 0 aromatic carbocycles. The van der Waals surface area contributed by atoms with Crippen molar-refractivity contribution in [3.05, 3.63) is 23.9 Å². The van der Waals surface area contributed by atoms with Gasteiger partial charge in [0, 0.05) is 31.4 Å². The molecule has 1 aromatic heterocycles. The number of rotatable bonds is 2. The van der Waals surface area contributed by atoms with E-state index in [1.807, 2.05) is 4.90 Å². The molecule has 22 heavy (non-hydrogen) atoms. The average Bonchev–Trinajstić information content (AvgIpc) is 2.93. The van der Waals surface area contributed by atoms with Crippen LogP contribution in [0, 0.1) is 0 Å². The molecule has 1 atom stereocenters. The molecule has 2 aliphatic rings. The van der Waals surface area contributed by atoms with Crippen molar-refractivity contribution in [3.8, 4) is 0 Å². The van der Waals surface area contributed by atoms with Crippen LogP contribution >= 0.6 is 0 Å². The van der Waals surface area contributed by atoms with Gasteiger partial charge in [0.15, 0.2) is 0 Å². The van der Waals surface area contributed by atoms with Crippen molar-refractivity contribution in [3.63, 3.8) is 0 Å². The van der Waals surface area contributed by atoms with E-state index in [-0.39, 0.29) is 0 Å². The third-order valence-electron chi connectivity index (χ3n) is 4.93. The van der Waals surface area contributed by atoms with E-state index in [0.717, 1.165) is 38.5 Å². The number of halogens is 3. The van der Waals surface area contributed by atoms with Crippen molar-refractivity contribution in [2.75, 3.05) is 24.5 Å². The van der Waals surface area contributed by atoms with Gasteiger partial charge in [-0.3, -0.25) is 4.90 Å². The first kappa shape index (κ1) is 15.6. The van der Waals surface area contributed by atoms with Crippen molar-refractivity contribution in [2.45, 2.75) is 50.9 Å². The van der Waals surface area contributed by atoms with E-state index in [1.165, 1.54) is 25.1 Å². The van der Waals surface area contributed by atoms with Crippen molar-refractivity contribution in [2.24, 2.45) is 0 Å². The Bertz CT molecular complexity index is 510. The van der Waals surface area contributed by atoms with E-state index in [9.17, 15) is 13.2 Å². The number of hydrogen-bond donors (Lipinski definition) is 0. The molecule has 1 unspecified atom stereocenters. The molecule has 2 fully saturated rings. The quantitative estimate of drug-likeness (QED) is 0.832. The molecule has 0 amide bonds. The van der Waals surface area contributed by atoms with Gasteiger partial charge in [-0.1, -0.05) is 0 Å². The van der Waals surface area contributed by atoms with E-state index >= 15 is 0 Å². The summed E-state index contributed by atoms with van der Waals surface area (Å²) in [7, 11) is 0. The molecule has 122 valence electrons. The highest BCUT2D eigenvalue weighted by Crippen LogP contribution is 2.32. The monoisotopic (exact) mass is 313 g/mol. The number of nitrogens with zero attached hydrogens (tertiary/aromatic N) is 3. The van der Waals surface area contributed by atoms with Crippen LogP contribution < -0.4 is 4.90 Å². The van der Waals surface area contributed by atoms with Gasteiger partial charge in [-0.25, -0.2) is 4.98 Å². The topological polar surface area (TPSA) is 19.4 Å². The van der Waals surface area contributed by atoms with Crippen LogP contribution in [0.2, 0.25) is 0 Å². The van der Waals surface area contributed by atoms with E-state index in [0.29, 0.717) is 17.9 Å². The zero-order valence-electron chi connectivity index (χ0n) is 12.8. The summed E-state index contributed by atoms with van der Waals surface area (Å²) in [5, 5.41) is 0. The largest absolute Gasteiger partial charge is 0.416 e. The molecule has 0 bridgehead atoms. The molecule has 1 aromatic rings. The molecule has 3 rings (SSSR count). The van der Waals surface area contributed by atoms with E-state index in [4.69, 9.17) is 0 Å². The first-order valence-corrected chi connectivity index (χ1v) is 7.99. The van der Waals surface area contributed by atoms with Crippen LogP contribution in [0.1, 0.15) is 38.2 Å². The minimum absolute atomic E-state index is 0.447. The summed E-state index contributed by atoms with van der Waals surface area (Å²) in [6, 6.07) is 3.41. The highest BCUT2D eigenvalue weighted by atomic mass is 19.4. The van der Waals surface area contributed by atoms with Gasteiger partial charge in [-0.15, -0.1) is 0 Å². The zero-order valence-corrected chi connectivity index (χ0v) is 12.8. The third kappa shape index (κ3) is 3.21. The lowest BCUT2D eigenvalue weighted by Crippen LogP contribution is -2.46. The smallest absolute Gasteiger partial charge is 0.356 e. The zero-order chi connectivity index (χ0) is 15.7. The number of hydrogen-bond acceptors (Lipinski definition) is 3. The highest BCUT2D eigenvalue weighted by Gasteiger charge is 2.33. The van der Waals surface area contributed by atoms with Gasteiger partial charge in [-0.2, -0.15) is 13.2 Å². The Morgan fingerprint density at radius 3 is 2.45 bits per heavy atom. The minimum Gasteiger partial charge on any atom is -0.356 e. The second kappa shape index (κ2) is 6.07. The standard InChI is InChI=1S/C16H22F3N3/c1-12-3-2-8-22(12)14-5-9-21(10-6-14)15-11-13(4-7-20-15)16(17,18)19/h4,7,11-12,14H,2-3,5-6,8-10H2,1H3. The Hall–Kier alpha value is -1.30. The number of alkyl halides is 3. The van der Waals surface area contributed by atoms with Gasteiger partial charge in [0.25, 0.3) is 0 Å². The highest BCUT2D eigenvalue weighted by molar-refractivity contribution is 5.42. The SMILES string of the molecule is CC1CCCN1C1CCN(c2cc(C(F)(F)F)ccn2)CC1. The number of piperidine rings is 1. The minimum atomic E-state index is -4.30. The summed E-state index contributed by atoms with van der Waals surface area (Å²) in [4.78, 5) is 8.67. The Kier molecular flexibility index (Phi) is 4.30. The van der Waals surface area contributed by atoms with Crippen molar-refractivity contribution >= 4 is 5.82 Å². The maximum atomic E-state index is 12.8. The fourth-order valence-electron chi connectivity index (χ4n) is 3.69. The molecule has 2 aliphatic heterocycles. The van der Waals surface area contributed by atoms with Gasteiger partial charge >= 0.3 is 6.18 Å². The predicted octanol–water partition coefficient (Wildman–Crippen LogP) is 3.55. The maximum Gasteiger partial charge on any atom is 0.416 e. The maximum absolute atomic E-state index is 12.8. The molecule has 0 saturated carbocycles. The number of pyridine rings is 1. The fraction of sp³-hybridized carbons (Fsp3) is 0.688. The second-order valence-electron chi connectivity index (χ2n) is 6.35. The van der Waals surface area contributed by atoms with Crippen molar-refractivity contribution < 1.29 is 13.2 Å². The molecule has 3 nitrogen and oxygen atoms in total. The number of likely N-dealkylation sites (tertiary alicyclic amines) is 1. The molecule has 0 N–H and O–H groups in total. The summed E-state index contributed by atoms with van der Waals surface area (Å²) < 4.78 is 38.4. The Balaban J connectivity index is 1.64. The predicted molar refractivity (Wildman–Crippen MR) is 79.9 cm³/mol. The molecule has 6 heteroatoms. The second-order valence-corrected chi connectivity index (χ2v) is 6.35. The Morgan fingerprint density at radius 2 is 1.86 bits per heavy atom. The van der Waals surface area contributed by atoms with Crippen LogP contribution in [-0.2, 0) is 6.18 Å². The van der Waals surface area contributed by atoms with Crippen LogP contribution in [0.5, 0.6) is 0 Å². The van der Waals surface area contributed by atoms with Crippen LogP contribution in [0.4, 0.5) is 19.0 Å². The van der Waals surface area contributed by atoms with Gasteiger partial charge in [-0.05, 0) is 51.3 Å². The number of anilines is 1. The van der Waals surface area contributed by atoms with E-state index in [1.54, 1.807) is 0 Å². The summed E-state index contributed by atoms with van der Waals surface area (Å²) in [5.74, 6) is 0.447. The van der Waals surface area contributed by atoms with Gasteiger partial charge in [0.05, 0.1) is 5.56 Å². The molecule has 0 spiro atoms. The first-order chi connectivity index (χ1) is 10.4. The van der Waals surface area contributed by atoms with Crippen LogP contribution in [0.25, 0.3) is 0 Å². The summed E-state index contributed by atoms with van der Waals surface area (Å²) in [5.41, 5.74) is -0.618. The molecular formula is C16H22F3N3. The fourth-order valence-corrected chi connectivity index (χ4v) is 3.69. The van der Waals surface area contributed by atoms with Crippen LogP contribution in [-0.4, -0.2) is 41.6 Å². The average molecular weight is 313 g/mol. The molecular weight excluding hydrogens is 291 g/mol. The van der Waals surface area contributed by atoms with E-state index < -0.39 is 11.7 Å². The molecule has 0 aliphatic carbocycles. The third-order valence-corrected chi connectivity index (χ3v) is 4.93. The molecule has 0 radical (unpaired) electrons. The summed E-state index contributed by atoms with van der Waals surface area (Å²) >= 11 is 0. The van der Waals surface area contributed by atoms with Crippen LogP contribution in [0.15, 0.2) is 18.3 Å². The summed E-state index contributed by atoms with van der Waals surface area (Å²) in [6.07, 6.45) is 1.48. The van der Waals surface area contributed by atoms with Crippen molar-refractivity contribution in [1.82, 2.24) is 9.88 Å². The van der Waals surface area contributed by atoms with Crippen LogP contribution in [0.3, 0.4) is 0 Å². The number of aromatic nitrogens is 1. The van der Waals surface area contributed by atoms with E-state index in [2.05, 4.69) is 16.8 Å². The lowest BCUT2D eigenvalue weighted by atomic mass is 10.0. The normalized spacial score (nSPS) is 24.9. The van der Waals surface area contributed by atoms with Gasteiger partial charge < -0.3 is 4.90 Å². The van der Waals surface area contributed by atoms with Crippen molar-refractivity contribution in [1.29, 1.82) is 0 Å².